The molecule has 0 aliphatic heterocycles. The van der Waals surface area contributed by atoms with Crippen molar-refractivity contribution in [3.05, 3.63) is 65.0 Å². The van der Waals surface area contributed by atoms with E-state index in [0.717, 1.165) is 11.1 Å². The lowest BCUT2D eigenvalue weighted by molar-refractivity contribution is 0.1000. The van der Waals surface area contributed by atoms with E-state index in [1.54, 1.807) is 18.2 Å². The fourth-order valence-corrected chi connectivity index (χ4v) is 1.88. The first kappa shape index (κ1) is 13.1. The van der Waals surface area contributed by atoms with Gasteiger partial charge in [0, 0.05) is 17.8 Å². The molecule has 98 valence electrons. The zero-order valence-corrected chi connectivity index (χ0v) is 10.6. The summed E-state index contributed by atoms with van der Waals surface area (Å²) in [4.78, 5) is 11.1. The molecule has 0 fully saturated rings. The lowest BCUT2D eigenvalue weighted by Gasteiger charge is -2.08. The van der Waals surface area contributed by atoms with Crippen LogP contribution in [0.3, 0.4) is 0 Å². The molecular formula is C15H15FN2O. The predicted octanol–water partition coefficient (Wildman–Crippen LogP) is 2.85. The van der Waals surface area contributed by atoms with E-state index in [4.69, 9.17) is 5.73 Å². The van der Waals surface area contributed by atoms with Crippen LogP contribution in [-0.2, 0) is 6.54 Å². The number of anilines is 1. The van der Waals surface area contributed by atoms with Crippen LogP contribution in [0.2, 0.25) is 0 Å². The van der Waals surface area contributed by atoms with Gasteiger partial charge >= 0.3 is 0 Å². The third-order valence-electron chi connectivity index (χ3n) is 2.75. The largest absolute Gasteiger partial charge is 0.381 e. The summed E-state index contributed by atoms with van der Waals surface area (Å²) in [6.45, 7) is 2.34. The lowest BCUT2D eigenvalue weighted by atomic mass is 10.1. The molecule has 0 saturated heterocycles. The van der Waals surface area contributed by atoms with Crippen LogP contribution in [0.5, 0.6) is 0 Å². The highest BCUT2D eigenvalue weighted by Gasteiger charge is 2.02. The number of carbonyl (C=O) groups excluding carboxylic acids is 1. The monoisotopic (exact) mass is 258 g/mol. The van der Waals surface area contributed by atoms with E-state index in [-0.39, 0.29) is 5.82 Å². The predicted molar refractivity (Wildman–Crippen MR) is 73.4 cm³/mol. The molecule has 2 rings (SSSR count). The van der Waals surface area contributed by atoms with Crippen LogP contribution in [0.15, 0.2) is 42.5 Å². The van der Waals surface area contributed by atoms with Gasteiger partial charge in [-0.05, 0) is 48.4 Å². The Morgan fingerprint density at radius 3 is 2.74 bits per heavy atom. The second kappa shape index (κ2) is 5.52. The van der Waals surface area contributed by atoms with Crippen molar-refractivity contribution in [1.82, 2.24) is 0 Å². The van der Waals surface area contributed by atoms with Gasteiger partial charge in [-0.15, -0.1) is 0 Å². The van der Waals surface area contributed by atoms with Gasteiger partial charge < -0.3 is 11.1 Å². The minimum absolute atomic E-state index is 0.270. The Morgan fingerprint density at radius 2 is 2.05 bits per heavy atom. The summed E-state index contributed by atoms with van der Waals surface area (Å²) in [7, 11) is 0. The maximum Gasteiger partial charge on any atom is 0.248 e. The molecule has 2 aromatic rings. The first-order valence-electron chi connectivity index (χ1n) is 5.94. The number of amides is 1. The molecule has 0 unspecified atom stereocenters. The molecule has 0 aromatic heterocycles. The van der Waals surface area contributed by atoms with Gasteiger partial charge in [-0.25, -0.2) is 4.39 Å². The molecule has 3 nitrogen and oxygen atoms in total. The Hall–Kier alpha value is -2.36. The normalized spacial score (nSPS) is 10.2. The van der Waals surface area contributed by atoms with E-state index in [0.29, 0.717) is 17.8 Å². The van der Waals surface area contributed by atoms with Crippen molar-refractivity contribution in [2.45, 2.75) is 13.5 Å². The number of halogens is 1. The van der Waals surface area contributed by atoms with Crippen LogP contribution in [0.4, 0.5) is 10.1 Å². The zero-order valence-electron chi connectivity index (χ0n) is 10.6. The number of carbonyl (C=O) groups is 1. The van der Waals surface area contributed by atoms with Crippen LogP contribution >= 0.6 is 0 Å². The minimum Gasteiger partial charge on any atom is -0.381 e. The Balaban J connectivity index is 2.10. The Kier molecular flexibility index (Phi) is 3.80. The molecule has 0 radical (unpaired) electrons. The number of rotatable bonds is 4. The van der Waals surface area contributed by atoms with Gasteiger partial charge in [0.2, 0.25) is 5.91 Å². The molecule has 4 heteroatoms. The second-order valence-electron chi connectivity index (χ2n) is 4.44. The van der Waals surface area contributed by atoms with E-state index in [1.807, 2.05) is 19.1 Å². The molecule has 0 bridgehead atoms. The lowest BCUT2D eigenvalue weighted by Crippen LogP contribution is -2.11. The summed E-state index contributed by atoms with van der Waals surface area (Å²) >= 11 is 0. The average molecular weight is 258 g/mol. The van der Waals surface area contributed by atoms with Gasteiger partial charge in [-0.3, -0.25) is 4.79 Å². The van der Waals surface area contributed by atoms with Crippen LogP contribution in [0.25, 0.3) is 0 Å². The minimum atomic E-state index is -0.455. The number of hydrogen-bond acceptors (Lipinski definition) is 2. The molecule has 0 spiro atoms. The summed E-state index contributed by atoms with van der Waals surface area (Å²) in [5, 5.41) is 3.12. The van der Waals surface area contributed by atoms with Gasteiger partial charge in [-0.2, -0.15) is 0 Å². The molecule has 3 N–H and O–H groups in total. The standard InChI is InChI=1S/C15H15FN2O/c1-10-5-13(16)8-14(6-10)18-9-11-3-2-4-12(7-11)15(17)19/h2-8,18H,9H2,1H3,(H2,17,19). The average Bonchev–Trinajstić information content (AvgIpc) is 2.35. The Morgan fingerprint density at radius 1 is 1.26 bits per heavy atom. The molecule has 1 amide bonds. The van der Waals surface area contributed by atoms with Crippen molar-refractivity contribution >= 4 is 11.6 Å². The van der Waals surface area contributed by atoms with Gasteiger partial charge in [0.1, 0.15) is 5.82 Å². The van der Waals surface area contributed by atoms with Crippen molar-refractivity contribution in [2.24, 2.45) is 5.73 Å². The highest BCUT2D eigenvalue weighted by Crippen LogP contribution is 2.15. The molecule has 0 saturated carbocycles. The summed E-state index contributed by atoms with van der Waals surface area (Å²) < 4.78 is 13.2. The number of aryl methyl sites for hydroxylation is 1. The summed E-state index contributed by atoms with van der Waals surface area (Å²) in [5.74, 6) is -0.725. The first-order chi connectivity index (χ1) is 9.04. The highest BCUT2D eigenvalue weighted by atomic mass is 19.1. The smallest absolute Gasteiger partial charge is 0.248 e. The summed E-state index contributed by atoms with van der Waals surface area (Å²) in [6, 6.07) is 11.8. The van der Waals surface area contributed by atoms with Crippen LogP contribution < -0.4 is 11.1 Å². The van der Waals surface area contributed by atoms with Gasteiger partial charge in [0.15, 0.2) is 0 Å². The number of primary amides is 1. The molecule has 19 heavy (non-hydrogen) atoms. The number of hydrogen-bond donors (Lipinski definition) is 2. The molecule has 0 heterocycles. The van der Waals surface area contributed by atoms with Crippen molar-refractivity contribution in [2.75, 3.05) is 5.32 Å². The zero-order chi connectivity index (χ0) is 13.8. The van der Waals surface area contributed by atoms with E-state index in [1.165, 1.54) is 12.1 Å². The molecule has 0 aliphatic carbocycles. The third kappa shape index (κ3) is 3.55. The van der Waals surface area contributed by atoms with Crippen molar-refractivity contribution in [3.63, 3.8) is 0 Å². The quantitative estimate of drug-likeness (QED) is 0.886. The molecule has 2 aromatic carbocycles. The van der Waals surface area contributed by atoms with Gasteiger partial charge in [0.05, 0.1) is 0 Å². The SMILES string of the molecule is Cc1cc(F)cc(NCc2cccc(C(N)=O)c2)c1. The maximum absolute atomic E-state index is 13.2. The number of benzene rings is 2. The van der Waals surface area contributed by atoms with Crippen molar-refractivity contribution in [3.8, 4) is 0 Å². The maximum atomic E-state index is 13.2. The summed E-state index contributed by atoms with van der Waals surface area (Å²) in [6.07, 6.45) is 0. The first-order valence-corrected chi connectivity index (χ1v) is 5.94. The van der Waals surface area contributed by atoms with Crippen molar-refractivity contribution in [1.29, 1.82) is 0 Å². The topological polar surface area (TPSA) is 55.1 Å². The second-order valence-corrected chi connectivity index (χ2v) is 4.44. The fourth-order valence-electron chi connectivity index (χ4n) is 1.88. The highest BCUT2D eigenvalue weighted by molar-refractivity contribution is 5.92. The molecular weight excluding hydrogens is 243 g/mol. The molecule has 0 aliphatic rings. The number of nitrogens with two attached hydrogens (primary N) is 1. The van der Waals surface area contributed by atoms with Crippen LogP contribution in [0, 0.1) is 12.7 Å². The molecule has 0 atom stereocenters. The van der Waals surface area contributed by atoms with Crippen LogP contribution in [0.1, 0.15) is 21.5 Å². The summed E-state index contributed by atoms with van der Waals surface area (Å²) in [5.41, 5.74) is 8.17. The van der Waals surface area contributed by atoms with E-state index >= 15 is 0 Å². The van der Waals surface area contributed by atoms with Gasteiger partial charge in [-0.1, -0.05) is 12.1 Å². The van der Waals surface area contributed by atoms with E-state index in [2.05, 4.69) is 5.32 Å². The third-order valence-corrected chi connectivity index (χ3v) is 2.75. The van der Waals surface area contributed by atoms with Crippen molar-refractivity contribution < 1.29 is 9.18 Å². The fraction of sp³-hybridized carbons (Fsp3) is 0.133. The van der Waals surface area contributed by atoms with Gasteiger partial charge in [0.25, 0.3) is 0 Å². The Labute approximate surface area is 111 Å². The Bertz CT molecular complexity index is 591. The van der Waals surface area contributed by atoms with Crippen LogP contribution in [-0.4, -0.2) is 5.91 Å². The number of nitrogens with one attached hydrogen (secondary N) is 1. The van der Waals surface area contributed by atoms with E-state index < -0.39 is 5.91 Å². The van der Waals surface area contributed by atoms with E-state index in [9.17, 15) is 9.18 Å².